The molecule has 0 amide bonds. The molecule has 0 aliphatic carbocycles. The number of guanidine groups is 1. The van der Waals surface area contributed by atoms with Crippen LogP contribution in [0.15, 0.2) is 47.7 Å². The first-order valence-corrected chi connectivity index (χ1v) is 10.6. The first-order valence-electron chi connectivity index (χ1n) is 10.6. The first kappa shape index (κ1) is 25.1. The Labute approximate surface area is 202 Å². The Kier molecular flexibility index (Phi) is 11.4. The van der Waals surface area contributed by atoms with Crippen molar-refractivity contribution in [1.29, 1.82) is 0 Å². The van der Waals surface area contributed by atoms with Crippen molar-refractivity contribution in [3.63, 3.8) is 0 Å². The van der Waals surface area contributed by atoms with Crippen LogP contribution in [0.5, 0.6) is 5.75 Å². The number of piperazine rings is 1. The van der Waals surface area contributed by atoms with E-state index in [1.54, 1.807) is 19.4 Å². The van der Waals surface area contributed by atoms with Gasteiger partial charge in [0.2, 0.25) is 5.95 Å². The van der Waals surface area contributed by atoms with Crippen molar-refractivity contribution in [2.45, 2.75) is 13.3 Å². The van der Waals surface area contributed by atoms with E-state index < -0.39 is 0 Å². The minimum Gasteiger partial charge on any atom is -0.492 e. The Morgan fingerprint density at radius 3 is 2.39 bits per heavy atom. The number of benzene rings is 1. The van der Waals surface area contributed by atoms with Crippen LogP contribution in [-0.2, 0) is 0 Å². The van der Waals surface area contributed by atoms with Crippen LogP contribution in [0.3, 0.4) is 0 Å². The van der Waals surface area contributed by atoms with Crippen molar-refractivity contribution in [3.8, 4) is 5.75 Å². The SMILES string of the molecule is CN=C(NCCCN1CCN(c2ncccn2)CC1)NCCOc1ccc(C)cc1.I. The number of halogens is 1. The average Bonchev–Trinajstić information content (AvgIpc) is 2.80. The van der Waals surface area contributed by atoms with Gasteiger partial charge in [-0.2, -0.15) is 0 Å². The van der Waals surface area contributed by atoms with Gasteiger partial charge in [0, 0.05) is 52.2 Å². The fourth-order valence-corrected chi connectivity index (χ4v) is 3.33. The molecule has 1 aromatic carbocycles. The average molecular weight is 539 g/mol. The number of anilines is 1. The number of aromatic nitrogens is 2. The zero-order chi connectivity index (χ0) is 21.0. The third-order valence-corrected chi connectivity index (χ3v) is 5.06. The van der Waals surface area contributed by atoms with E-state index in [9.17, 15) is 0 Å². The van der Waals surface area contributed by atoms with E-state index in [1.165, 1.54) is 5.56 Å². The molecule has 9 heteroatoms. The van der Waals surface area contributed by atoms with Crippen molar-refractivity contribution in [3.05, 3.63) is 48.3 Å². The van der Waals surface area contributed by atoms with Crippen LogP contribution in [0.1, 0.15) is 12.0 Å². The van der Waals surface area contributed by atoms with Crippen LogP contribution >= 0.6 is 24.0 Å². The number of aryl methyl sites for hydroxylation is 1. The molecule has 0 atom stereocenters. The Hall–Kier alpha value is -2.14. The predicted octanol–water partition coefficient (Wildman–Crippen LogP) is 2.16. The topological polar surface area (TPSA) is 77.9 Å². The number of hydrogen-bond donors (Lipinski definition) is 2. The molecule has 1 aliphatic heterocycles. The number of nitrogens with zero attached hydrogens (tertiary/aromatic N) is 5. The van der Waals surface area contributed by atoms with Gasteiger partial charge in [0.1, 0.15) is 12.4 Å². The summed E-state index contributed by atoms with van der Waals surface area (Å²) in [6.07, 6.45) is 4.67. The molecule has 2 N–H and O–H groups in total. The molecule has 170 valence electrons. The van der Waals surface area contributed by atoms with Gasteiger partial charge in [0.25, 0.3) is 0 Å². The summed E-state index contributed by atoms with van der Waals surface area (Å²) in [6.45, 7) is 9.37. The molecule has 2 heterocycles. The first-order chi connectivity index (χ1) is 14.7. The molecular formula is C22H34IN7O. The Morgan fingerprint density at radius 2 is 1.71 bits per heavy atom. The molecule has 0 saturated carbocycles. The van der Waals surface area contributed by atoms with Crippen molar-refractivity contribution in [1.82, 2.24) is 25.5 Å². The molecule has 0 bridgehead atoms. The van der Waals surface area contributed by atoms with Crippen molar-refractivity contribution < 1.29 is 4.74 Å². The normalized spacial score (nSPS) is 14.6. The zero-order valence-corrected chi connectivity index (χ0v) is 20.8. The third kappa shape index (κ3) is 8.86. The van der Waals surface area contributed by atoms with E-state index in [4.69, 9.17) is 4.74 Å². The molecule has 0 unspecified atom stereocenters. The highest BCUT2D eigenvalue weighted by Gasteiger charge is 2.18. The largest absolute Gasteiger partial charge is 0.492 e. The van der Waals surface area contributed by atoms with Crippen molar-refractivity contribution in [2.24, 2.45) is 4.99 Å². The quantitative estimate of drug-likeness (QED) is 0.219. The maximum absolute atomic E-state index is 5.74. The van der Waals surface area contributed by atoms with Gasteiger partial charge in [-0.25, -0.2) is 9.97 Å². The fourth-order valence-electron chi connectivity index (χ4n) is 3.33. The number of rotatable bonds is 9. The van der Waals surface area contributed by atoms with Gasteiger partial charge in [0.05, 0.1) is 6.54 Å². The fraction of sp³-hybridized carbons (Fsp3) is 0.500. The van der Waals surface area contributed by atoms with Gasteiger partial charge < -0.3 is 20.3 Å². The Bertz CT molecular complexity index is 765. The molecule has 1 aliphatic rings. The van der Waals surface area contributed by atoms with Crippen LogP contribution in [-0.4, -0.2) is 80.3 Å². The van der Waals surface area contributed by atoms with E-state index in [1.807, 2.05) is 18.2 Å². The van der Waals surface area contributed by atoms with Gasteiger partial charge in [-0.3, -0.25) is 9.89 Å². The highest BCUT2D eigenvalue weighted by molar-refractivity contribution is 14.0. The summed E-state index contributed by atoms with van der Waals surface area (Å²) in [5.41, 5.74) is 1.23. The maximum Gasteiger partial charge on any atom is 0.225 e. The molecular weight excluding hydrogens is 505 g/mol. The highest BCUT2D eigenvalue weighted by atomic mass is 127. The van der Waals surface area contributed by atoms with Gasteiger partial charge in [-0.15, -0.1) is 24.0 Å². The maximum atomic E-state index is 5.74. The minimum absolute atomic E-state index is 0. The molecule has 31 heavy (non-hydrogen) atoms. The lowest BCUT2D eigenvalue weighted by Crippen LogP contribution is -2.47. The van der Waals surface area contributed by atoms with Crippen LogP contribution < -0.4 is 20.3 Å². The van der Waals surface area contributed by atoms with Crippen LogP contribution in [0, 0.1) is 6.92 Å². The van der Waals surface area contributed by atoms with Crippen molar-refractivity contribution >= 4 is 35.9 Å². The van der Waals surface area contributed by atoms with E-state index in [0.717, 1.165) is 63.3 Å². The summed E-state index contributed by atoms with van der Waals surface area (Å²) in [5, 5.41) is 6.67. The molecule has 0 radical (unpaired) electrons. The standard InChI is InChI=1S/C22H33N7O.HI/c1-19-5-7-20(8-6-19)30-18-12-25-21(23-2)24-11-4-13-28-14-16-29(17-15-28)22-26-9-3-10-27-22;/h3,5-10H,4,11-18H2,1-2H3,(H2,23,24,25);1H. The van der Waals surface area contributed by atoms with Crippen LogP contribution in [0.4, 0.5) is 5.95 Å². The molecule has 8 nitrogen and oxygen atoms in total. The summed E-state index contributed by atoms with van der Waals surface area (Å²) in [4.78, 5) is 17.7. The number of ether oxygens (including phenoxy) is 1. The Balaban J connectivity index is 0.00000341. The lowest BCUT2D eigenvalue weighted by molar-refractivity contribution is 0.254. The van der Waals surface area contributed by atoms with E-state index in [0.29, 0.717) is 13.2 Å². The minimum atomic E-state index is 0. The van der Waals surface area contributed by atoms with E-state index in [-0.39, 0.29) is 24.0 Å². The molecule has 0 spiro atoms. The van der Waals surface area contributed by atoms with Crippen LogP contribution in [0.25, 0.3) is 0 Å². The second kappa shape index (κ2) is 14.0. The number of hydrogen-bond acceptors (Lipinski definition) is 6. The molecule has 1 saturated heterocycles. The Morgan fingerprint density at radius 1 is 1.03 bits per heavy atom. The van der Waals surface area contributed by atoms with Crippen molar-refractivity contribution in [2.75, 3.05) is 64.4 Å². The second-order valence-electron chi connectivity index (χ2n) is 7.32. The summed E-state index contributed by atoms with van der Waals surface area (Å²) in [6, 6.07) is 9.95. The summed E-state index contributed by atoms with van der Waals surface area (Å²) < 4.78 is 5.74. The van der Waals surface area contributed by atoms with E-state index >= 15 is 0 Å². The summed E-state index contributed by atoms with van der Waals surface area (Å²) in [5.74, 6) is 2.54. The molecule has 2 aromatic rings. The number of nitrogens with one attached hydrogen (secondary N) is 2. The van der Waals surface area contributed by atoms with Gasteiger partial charge in [-0.05, 0) is 38.1 Å². The van der Waals surface area contributed by atoms with E-state index in [2.05, 4.69) is 54.5 Å². The monoisotopic (exact) mass is 539 g/mol. The molecule has 1 fully saturated rings. The summed E-state index contributed by atoms with van der Waals surface area (Å²) >= 11 is 0. The summed E-state index contributed by atoms with van der Waals surface area (Å²) in [7, 11) is 1.79. The second-order valence-corrected chi connectivity index (χ2v) is 7.32. The van der Waals surface area contributed by atoms with Gasteiger partial charge >= 0.3 is 0 Å². The molecule has 3 rings (SSSR count). The zero-order valence-electron chi connectivity index (χ0n) is 18.5. The smallest absolute Gasteiger partial charge is 0.225 e. The predicted molar refractivity (Wildman–Crippen MR) is 137 cm³/mol. The molecule has 1 aromatic heterocycles. The number of aliphatic imine (C=N–C) groups is 1. The lowest BCUT2D eigenvalue weighted by atomic mass is 10.2. The highest BCUT2D eigenvalue weighted by Crippen LogP contribution is 2.11. The third-order valence-electron chi connectivity index (χ3n) is 5.06. The van der Waals surface area contributed by atoms with Gasteiger partial charge in [0.15, 0.2) is 5.96 Å². The lowest BCUT2D eigenvalue weighted by Gasteiger charge is -2.34. The van der Waals surface area contributed by atoms with Crippen LogP contribution in [0.2, 0.25) is 0 Å². The van der Waals surface area contributed by atoms with Gasteiger partial charge in [-0.1, -0.05) is 17.7 Å².